The molecule has 0 atom stereocenters. The van der Waals surface area contributed by atoms with E-state index in [1.165, 1.54) is 0 Å². The van der Waals surface area contributed by atoms with Gasteiger partial charge in [0.05, 0.1) is 6.20 Å². The molecule has 0 amide bonds. The fraction of sp³-hybridized carbons (Fsp3) is 0.400. The van der Waals surface area contributed by atoms with Gasteiger partial charge in [-0.25, -0.2) is 4.98 Å². The SMILES string of the molecule is CNc1ncc(C)o1. The standard InChI is InChI=1S/C5H8N2O/c1-4-3-7-5(6-2)8-4/h3H,1-2H3,(H,6,7). The summed E-state index contributed by atoms with van der Waals surface area (Å²) in [6.45, 7) is 1.86. The second kappa shape index (κ2) is 1.86. The molecular formula is C5H8N2O. The van der Waals surface area contributed by atoms with Crippen molar-refractivity contribution < 1.29 is 4.42 Å². The number of hydrogen-bond acceptors (Lipinski definition) is 3. The van der Waals surface area contributed by atoms with E-state index in [1.807, 2.05) is 6.92 Å². The van der Waals surface area contributed by atoms with Crippen LogP contribution in [0.2, 0.25) is 0 Å². The Hall–Kier alpha value is -0.990. The number of rotatable bonds is 1. The molecular weight excluding hydrogens is 104 g/mol. The van der Waals surface area contributed by atoms with Gasteiger partial charge in [-0.3, -0.25) is 0 Å². The molecule has 0 aromatic carbocycles. The molecule has 0 fully saturated rings. The number of oxazole rings is 1. The maximum absolute atomic E-state index is 5.01. The molecule has 0 radical (unpaired) electrons. The molecule has 44 valence electrons. The van der Waals surface area contributed by atoms with Gasteiger partial charge in [0.1, 0.15) is 5.76 Å². The Labute approximate surface area is 47.7 Å². The Morgan fingerprint density at radius 2 is 2.50 bits per heavy atom. The minimum Gasteiger partial charge on any atom is -0.429 e. The van der Waals surface area contributed by atoms with Gasteiger partial charge in [0.2, 0.25) is 0 Å². The molecule has 0 aliphatic heterocycles. The van der Waals surface area contributed by atoms with E-state index in [1.54, 1.807) is 13.2 Å². The molecule has 0 aliphatic carbocycles. The Bertz CT molecular complexity index is 171. The topological polar surface area (TPSA) is 38.1 Å². The van der Waals surface area contributed by atoms with Crippen LogP contribution in [0.4, 0.5) is 6.01 Å². The third-order valence-corrected chi connectivity index (χ3v) is 0.835. The van der Waals surface area contributed by atoms with Crippen LogP contribution in [0.25, 0.3) is 0 Å². The van der Waals surface area contributed by atoms with Crippen LogP contribution in [-0.4, -0.2) is 12.0 Å². The summed E-state index contributed by atoms with van der Waals surface area (Å²) >= 11 is 0. The molecule has 1 heterocycles. The summed E-state index contributed by atoms with van der Waals surface area (Å²) in [7, 11) is 1.77. The molecule has 1 aromatic heterocycles. The predicted molar refractivity (Wildman–Crippen MR) is 30.8 cm³/mol. The van der Waals surface area contributed by atoms with E-state index in [0.717, 1.165) is 5.76 Å². The quantitative estimate of drug-likeness (QED) is 0.589. The number of aryl methyl sites for hydroxylation is 1. The van der Waals surface area contributed by atoms with Crippen LogP contribution < -0.4 is 5.32 Å². The highest BCUT2D eigenvalue weighted by Gasteiger charge is 1.92. The average molecular weight is 112 g/mol. The lowest BCUT2D eigenvalue weighted by Crippen LogP contribution is -1.84. The van der Waals surface area contributed by atoms with E-state index in [2.05, 4.69) is 10.3 Å². The van der Waals surface area contributed by atoms with Crippen LogP contribution in [0.1, 0.15) is 5.76 Å². The van der Waals surface area contributed by atoms with E-state index in [4.69, 9.17) is 4.42 Å². The average Bonchev–Trinajstić information content (AvgIpc) is 2.14. The maximum Gasteiger partial charge on any atom is 0.294 e. The molecule has 0 aliphatic rings. The molecule has 0 spiro atoms. The number of anilines is 1. The number of hydrogen-bond donors (Lipinski definition) is 1. The first-order valence-corrected chi connectivity index (χ1v) is 2.43. The first-order valence-electron chi connectivity index (χ1n) is 2.43. The molecule has 1 aromatic rings. The third-order valence-electron chi connectivity index (χ3n) is 0.835. The first kappa shape index (κ1) is 5.15. The normalized spacial score (nSPS) is 9.25. The van der Waals surface area contributed by atoms with Gasteiger partial charge in [-0.15, -0.1) is 0 Å². The Kier molecular flexibility index (Phi) is 1.20. The van der Waals surface area contributed by atoms with E-state index in [-0.39, 0.29) is 0 Å². The van der Waals surface area contributed by atoms with Crippen LogP contribution in [0.3, 0.4) is 0 Å². The summed E-state index contributed by atoms with van der Waals surface area (Å²) in [6, 6.07) is 0.572. The molecule has 1 rings (SSSR count). The Morgan fingerprint density at radius 1 is 1.75 bits per heavy atom. The van der Waals surface area contributed by atoms with Crippen molar-refractivity contribution in [1.29, 1.82) is 0 Å². The highest BCUT2D eigenvalue weighted by Crippen LogP contribution is 2.04. The summed E-state index contributed by atoms with van der Waals surface area (Å²) in [4.78, 5) is 3.86. The van der Waals surface area contributed by atoms with Crippen molar-refractivity contribution in [1.82, 2.24) is 4.98 Å². The fourth-order valence-electron chi connectivity index (χ4n) is 0.470. The van der Waals surface area contributed by atoms with E-state index in [0.29, 0.717) is 6.01 Å². The van der Waals surface area contributed by atoms with E-state index < -0.39 is 0 Å². The van der Waals surface area contributed by atoms with Crippen LogP contribution >= 0.6 is 0 Å². The summed E-state index contributed by atoms with van der Waals surface area (Å²) in [5, 5.41) is 2.77. The molecule has 0 saturated heterocycles. The minimum absolute atomic E-state index is 0.572. The van der Waals surface area contributed by atoms with Crippen molar-refractivity contribution in [2.24, 2.45) is 0 Å². The molecule has 8 heavy (non-hydrogen) atoms. The molecule has 0 unspecified atom stereocenters. The van der Waals surface area contributed by atoms with Gasteiger partial charge in [-0.05, 0) is 6.92 Å². The highest BCUT2D eigenvalue weighted by molar-refractivity contribution is 5.17. The summed E-state index contributed by atoms with van der Waals surface area (Å²) in [6.07, 6.45) is 1.67. The highest BCUT2D eigenvalue weighted by atomic mass is 16.4. The van der Waals surface area contributed by atoms with Crippen molar-refractivity contribution in [3.63, 3.8) is 0 Å². The number of nitrogens with zero attached hydrogens (tertiary/aromatic N) is 1. The van der Waals surface area contributed by atoms with Crippen molar-refractivity contribution in [2.75, 3.05) is 12.4 Å². The van der Waals surface area contributed by atoms with Gasteiger partial charge in [0.25, 0.3) is 6.01 Å². The van der Waals surface area contributed by atoms with Crippen molar-refractivity contribution in [3.05, 3.63) is 12.0 Å². The minimum atomic E-state index is 0.572. The second-order valence-electron chi connectivity index (χ2n) is 1.53. The molecule has 3 heteroatoms. The van der Waals surface area contributed by atoms with Gasteiger partial charge < -0.3 is 9.73 Å². The van der Waals surface area contributed by atoms with Crippen LogP contribution in [0, 0.1) is 6.92 Å². The predicted octanol–water partition coefficient (Wildman–Crippen LogP) is 1.02. The smallest absolute Gasteiger partial charge is 0.294 e. The summed E-state index contributed by atoms with van der Waals surface area (Å²) < 4.78 is 5.01. The van der Waals surface area contributed by atoms with Crippen LogP contribution in [0.5, 0.6) is 0 Å². The van der Waals surface area contributed by atoms with Crippen LogP contribution in [0.15, 0.2) is 10.6 Å². The molecule has 1 N–H and O–H groups in total. The Balaban J connectivity index is 2.84. The van der Waals surface area contributed by atoms with E-state index in [9.17, 15) is 0 Å². The lowest BCUT2D eigenvalue weighted by molar-refractivity contribution is 0.544. The lowest BCUT2D eigenvalue weighted by Gasteiger charge is -1.85. The summed E-state index contributed by atoms with van der Waals surface area (Å²) in [5.74, 6) is 0.828. The second-order valence-corrected chi connectivity index (χ2v) is 1.53. The Morgan fingerprint density at radius 3 is 2.75 bits per heavy atom. The summed E-state index contributed by atoms with van der Waals surface area (Å²) in [5.41, 5.74) is 0. The van der Waals surface area contributed by atoms with Crippen molar-refractivity contribution in [2.45, 2.75) is 6.92 Å². The zero-order valence-electron chi connectivity index (χ0n) is 4.93. The largest absolute Gasteiger partial charge is 0.429 e. The number of aromatic nitrogens is 1. The van der Waals surface area contributed by atoms with Crippen molar-refractivity contribution >= 4 is 6.01 Å². The lowest BCUT2D eigenvalue weighted by atomic mass is 10.6. The van der Waals surface area contributed by atoms with Crippen LogP contribution in [-0.2, 0) is 0 Å². The number of nitrogens with one attached hydrogen (secondary N) is 1. The first-order chi connectivity index (χ1) is 3.83. The van der Waals surface area contributed by atoms with Gasteiger partial charge in [0.15, 0.2) is 0 Å². The maximum atomic E-state index is 5.01. The van der Waals surface area contributed by atoms with E-state index >= 15 is 0 Å². The van der Waals surface area contributed by atoms with Crippen molar-refractivity contribution in [3.8, 4) is 0 Å². The fourth-order valence-corrected chi connectivity index (χ4v) is 0.470. The van der Waals surface area contributed by atoms with Gasteiger partial charge in [-0.2, -0.15) is 0 Å². The molecule has 0 bridgehead atoms. The monoisotopic (exact) mass is 112 g/mol. The zero-order chi connectivity index (χ0) is 5.98. The molecule has 3 nitrogen and oxygen atoms in total. The van der Waals surface area contributed by atoms with Gasteiger partial charge >= 0.3 is 0 Å². The zero-order valence-corrected chi connectivity index (χ0v) is 4.93. The van der Waals surface area contributed by atoms with Gasteiger partial charge in [-0.1, -0.05) is 0 Å². The molecule has 0 saturated carbocycles. The van der Waals surface area contributed by atoms with Gasteiger partial charge in [0, 0.05) is 7.05 Å². The third kappa shape index (κ3) is 0.804.